The van der Waals surface area contributed by atoms with Crippen LogP contribution in [0.25, 0.3) is 11.1 Å². The summed E-state index contributed by atoms with van der Waals surface area (Å²) in [6.07, 6.45) is 4.93. The van der Waals surface area contributed by atoms with E-state index in [2.05, 4.69) is 51.6 Å². The molecule has 2 N–H and O–H groups in total. The molecule has 0 aliphatic carbocycles. The molecule has 2 aliphatic heterocycles. The molecule has 1 aromatic carbocycles. The minimum absolute atomic E-state index is 0.187. The van der Waals surface area contributed by atoms with Crippen LogP contribution in [0.4, 0.5) is 0 Å². The summed E-state index contributed by atoms with van der Waals surface area (Å²) in [6, 6.07) is 8.57. The lowest BCUT2D eigenvalue weighted by molar-refractivity contribution is -0.136. The summed E-state index contributed by atoms with van der Waals surface area (Å²) in [6.45, 7) is 5.64. The number of likely N-dealkylation sites (tertiary alicyclic amines) is 1. The number of hydrogen-bond donors (Lipinski definition) is 2. The molecule has 25 heavy (non-hydrogen) atoms. The summed E-state index contributed by atoms with van der Waals surface area (Å²) in [5.41, 5.74) is 4.91. The van der Waals surface area contributed by atoms with Gasteiger partial charge in [-0.2, -0.15) is 5.10 Å². The molecule has 0 spiro atoms. The van der Waals surface area contributed by atoms with E-state index in [1.807, 2.05) is 6.20 Å². The standard InChI is InChI=1S/C20H26N4O/c1-14-3-2-4-16(11-14)18-13-22-23-19(18)15-6-9-24(10-7-15)20(25)17-5-8-21-12-17/h2-4,11,13,15,17,21H,5-10,12H2,1H3,(H,22,23). The molecule has 1 amide bonds. The first-order valence-electron chi connectivity index (χ1n) is 9.32. The van der Waals surface area contributed by atoms with Crippen molar-refractivity contribution in [1.29, 1.82) is 0 Å². The number of aromatic nitrogens is 2. The van der Waals surface area contributed by atoms with Crippen LogP contribution in [-0.4, -0.2) is 47.2 Å². The molecule has 1 aromatic heterocycles. The average Bonchev–Trinajstić information content (AvgIpc) is 3.33. The lowest BCUT2D eigenvalue weighted by Crippen LogP contribution is -2.42. The van der Waals surface area contributed by atoms with Crippen molar-refractivity contribution in [1.82, 2.24) is 20.4 Å². The van der Waals surface area contributed by atoms with Crippen LogP contribution in [0.15, 0.2) is 30.5 Å². The van der Waals surface area contributed by atoms with Crippen molar-refractivity contribution in [2.45, 2.75) is 32.1 Å². The van der Waals surface area contributed by atoms with E-state index in [1.165, 1.54) is 22.4 Å². The first kappa shape index (κ1) is 16.3. The molecule has 2 fully saturated rings. The van der Waals surface area contributed by atoms with Gasteiger partial charge in [0.2, 0.25) is 5.91 Å². The number of amides is 1. The van der Waals surface area contributed by atoms with Gasteiger partial charge in [0.05, 0.1) is 12.1 Å². The first-order valence-corrected chi connectivity index (χ1v) is 9.32. The zero-order valence-electron chi connectivity index (χ0n) is 14.8. The van der Waals surface area contributed by atoms with Gasteiger partial charge in [-0.3, -0.25) is 9.89 Å². The number of hydrogen-bond acceptors (Lipinski definition) is 3. The van der Waals surface area contributed by atoms with Gasteiger partial charge in [0.25, 0.3) is 0 Å². The van der Waals surface area contributed by atoms with E-state index in [0.717, 1.165) is 45.4 Å². The van der Waals surface area contributed by atoms with Gasteiger partial charge in [-0.05, 0) is 38.3 Å². The van der Waals surface area contributed by atoms with Crippen LogP contribution in [0.3, 0.4) is 0 Å². The van der Waals surface area contributed by atoms with Crippen molar-refractivity contribution >= 4 is 5.91 Å². The maximum absolute atomic E-state index is 12.6. The van der Waals surface area contributed by atoms with Gasteiger partial charge in [-0.1, -0.05) is 29.8 Å². The Balaban J connectivity index is 1.45. The van der Waals surface area contributed by atoms with E-state index in [1.54, 1.807) is 0 Å². The predicted molar refractivity (Wildman–Crippen MR) is 98.3 cm³/mol. The van der Waals surface area contributed by atoms with Crippen molar-refractivity contribution in [3.63, 3.8) is 0 Å². The zero-order chi connectivity index (χ0) is 17.2. The number of aryl methyl sites for hydroxylation is 1. The zero-order valence-corrected chi connectivity index (χ0v) is 14.8. The predicted octanol–water partition coefficient (Wildman–Crippen LogP) is 2.70. The lowest BCUT2D eigenvalue weighted by Gasteiger charge is -2.33. The highest BCUT2D eigenvalue weighted by atomic mass is 16.2. The Morgan fingerprint density at radius 1 is 1.24 bits per heavy atom. The van der Waals surface area contributed by atoms with Crippen LogP contribution >= 0.6 is 0 Å². The highest BCUT2D eigenvalue weighted by Gasteiger charge is 2.31. The third kappa shape index (κ3) is 3.33. The second kappa shape index (κ2) is 7.00. The van der Waals surface area contributed by atoms with E-state index in [4.69, 9.17) is 0 Å². The van der Waals surface area contributed by atoms with Crippen LogP contribution in [0.5, 0.6) is 0 Å². The molecule has 3 heterocycles. The fourth-order valence-electron chi connectivity index (χ4n) is 4.16. The fraction of sp³-hybridized carbons (Fsp3) is 0.500. The molecule has 2 aliphatic rings. The van der Waals surface area contributed by atoms with Crippen molar-refractivity contribution in [2.24, 2.45) is 5.92 Å². The van der Waals surface area contributed by atoms with E-state index in [9.17, 15) is 4.79 Å². The Hall–Kier alpha value is -2.14. The molecule has 1 atom stereocenters. The van der Waals surface area contributed by atoms with Gasteiger partial charge in [0.1, 0.15) is 0 Å². The highest BCUT2D eigenvalue weighted by molar-refractivity contribution is 5.79. The molecule has 0 radical (unpaired) electrons. The third-order valence-electron chi connectivity index (χ3n) is 5.62. The van der Waals surface area contributed by atoms with Gasteiger partial charge < -0.3 is 10.2 Å². The fourth-order valence-corrected chi connectivity index (χ4v) is 4.16. The van der Waals surface area contributed by atoms with Crippen molar-refractivity contribution in [3.8, 4) is 11.1 Å². The third-order valence-corrected chi connectivity index (χ3v) is 5.62. The SMILES string of the molecule is Cc1cccc(-c2cn[nH]c2C2CCN(C(=O)C3CCNC3)CC2)c1. The lowest BCUT2D eigenvalue weighted by atomic mass is 9.89. The number of carbonyl (C=O) groups is 1. The second-order valence-corrected chi connectivity index (χ2v) is 7.36. The van der Waals surface area contributed by atoms with Crippen molar-refractivity contribution in [2.75, 3.05) is 26.2 Å². The van der Waals surface area contributed by atoms with Gasteiger partial charge in [0, 0.05) is 36.8 Å². The van der Waals surface area contributed by atoms with Gasteiger partial charge in [0.15, 0.2) is 0 Å². The Kier molecular flexibility index (Phi) is 4.57. The van der Waals surface area contributed by atoms with E-state index < -0.39 is 0 Å². The average molecular weight is 338 g/mol. The highest BCUT2D eigenvalue weighted by Crippen LogP contribution is 2.34. The molecule has 0 bridgehead atoms. The number of piperidine rings is 1. The smallest absolute Gasteiger partial charge is 0.227 e. The molecule has 4 rings (SSSR count). The van der Waals surface area contributed by atoms with Crippen molar-refractivity contribution in [3.05, 3.63) is 41.7 Å². The molecule has 2 saturated heterocycles. The minimum atomic E-state index is 0.187. The second-order valence-electron chi connectivity index (χ2n) is 7.36. The number of benzene rings is 1. The summed E-state index contributed by atoms with van der Waals surface area (Å²) < 4.78 is 0. The quantitative estimate of drug-likeness (QED) is 0.904. The van der Waals surface area contributed by atoms with Gasteiger partial charge in [-0.15, -0.1) is 0 Å². The van der Waals surface area contributed by atoms with Crippen LogP contribution in [-0.2, 0) is 4.79 Å². The molecule has 132 valence electrons. The Bertz CT molecular complexity index is 740. The summed E-state index contributed by atoms with van der Waals surface area (Å²) in [4.78, 5) is 14.7. The Morgan fingerprint density at radius 2 is 2.08 bits per heavy atom. The molecule has 5 nitrogen and oxygen atoms in total. The summed E-state index contributed by atoms with van der Waals surface area (Å²) >= 11 is 0. The van der Waals surface area contributed by atoms with Gasteiger partial charge >= 0.3 is 0 Å². The van der Waals surface area contributed by atoms with Crippen LogP contribution in [0.1, 0.15) is 36.4 Å². The summed E-state index contributed by atoms with van der Waals surface area (Å²) in [7, 11) is 0. The van der Waals surface area contributed by atoms with E-state index in [-0.39, 0.29) is 5.92 Å². The number of rotatable bonds is 3. The molecule has 0 saturated carbocycles. The maximum Gasteiger partial charge on any atom is 0.227 e. The number of aromatic amines is 1. The number of nitrogens with zero attached hydrogens (tertiary/aromatic N) is 2. The molecule has 1 unspecified atom stereocenters. The number of nitrogens with one attached hydrogen (secondary N) is 2. The number of H-pyrrole nitrogens is 1. The van der Waals surface area contributed by atoms with E-state index >= 15 is 0 Å². The topological polar surface area (TPSA) is 61.0 Å². The number of carbonyl (C=O) groups excluding carboxylic acids is 1. The maximum atomic E-state index is 12.6. The molecule has 2 aromatic rings. The van der Waals surface area contributed by atoms with Gasteiger partial charge in [-0.25, -0.2) is 0 Å². The normalized spacial score (nSPS) is 21.6. The summed E-state index contributed by atoms with van der Waals surface area (Å²) in [5, 5.41) is 10.8. The first-order chi connectivity index (χ1) is 12.2. The molecular weight excluding hydrogens is 312 g/mol. The largest absolute Gasteiger partial charge is 0.342 e. The van der Waals surface area contributed by atoms with Crippen LogP contribution in [0.2, 0.25) is 0 Å². The van der Waals surface area contributed by atoms with Crippen LogP contribution in [0, 0.1) is 12.8 Å². The minimum Gasteiger partial charge on any atom is -0.342 e. The van der Waals surface area contributed by atoms with Crippen molar-refractivity contribution < 1.29 is 4.79 Å². The summed E-state index contributed by atoms with van der Waals surface area (Å²) in [5.74, 6) is 0.974. The van der Waals surface area contributed by atoms with E-state index in [0.29, 0.717) is 11.8 Å². The Morgan fingerprint density at radius 3 is 2.80 bits per heavy atom. The monoisotopic (exact) mass is 338 g/mol. The molecule has 5 heteroatoms. The molecular formula is C20H26N4O. The van der Waals surface area contributed by atoms with Crippen LogP contribution < -0.4 is 5.32 Å². The Labute approximate surface area is 148 Å².